The zero-order valence-electron chi connectivity index (χ0n) is 14.4. The van der Waals surface area contributed by atoms with Crippen molar-refractivity contribution in [3.8, 4) is 0 Å². The molecule has 0 amide bonds. The Morgan fingerprint density at radius 1 is 0.704 bits per heavy atom. The largest absolute Gasteiger partial charge is 0.240 e. The first-order valence-corrected chi connectivity index (χ1v) is 7.56. The molecule has 0 saturated heterocycles. The van der Waals surface area contributed by atoms with E-state index in [2.05, 4.69) is 20.0 Å². The maximum absolute atomic E-state index is 10.00. The number of rotatable bonds is 6. The fraction of sp³-hybridized carbons (Fsp3) is 0.158. The first-order chi connectivity index (χ1) is 13.2. The Labute approximate surface area is 154 Å². The molecule has 0 atom stereocenters. The van der Waals surface area contributed by atoms with Crippen molar-refractivity contribution >= 4 is 35.7 Å². The van der Waals surface area contributed by atoms with Crippen LogP contribution in [0.1, 0.15) is 16.7 Å². The number of nitrogens with zero attached hydrogens (tertiary/aromatic N) is 4. The molecule has 0 bridgehead atoms. The molecule has 134 valence electrons. The quantitative estimate of drug-likeness (QED) is 0.578. The van der Waals surface area contributed by atoms with Gasteiger partial charge in [0.15, 0.2) is 0 Å². The van der Waals surface area contributed by atoms with Gasteiger partial charge in [-0.2, -0.15) is 9.98 Å². The third kappa shape index (κ3) is 7.59. The second-order valence-corrected chi connectivity index (χ2v) is 4.96. The molecule has 0 spiro atoms. The Morgan fingerprint density at radius 3 is 1.56 bits per heavy atom. The molecule has 0 aliphatic carbocycles. The van der Waals surface area contributed by atoms with Crippen LogP contribution in [0.5, 0.6) is 0 Å². The second kappa shape index (κ2) is 12.3. The van der Waals surface area contributed by atoms with Crippen LogP contribution < -0.4 is 0 Å². The van der Waals surface area contributed by atoms with Crippen LogP contribution in [-0.4, -0.2) is 24.3 Å². The minimum absolute atomic E-state index is 0.308. The van der Waals surface area contributed by atoms with Crippen LogP contribution in [-0.2, 0) is 32.3 Å². The van der Waals surface area contributed by atoms with Gasteiger partial charge in [-0.1, -0.05) is 30.3 Å². The molecular formula is C19H14N4O4. The van der Waals surface area contributed by atoms with Crippen LogP contribution in [0.25, 0.3) is 0 Å². The Morgan fingerprint density at radius 2 is 1.15 bits per heavy atom. The van der Waals surface area contributed by atoms with Gasteiger partial charge in [0.1, 0.15) is 0 Å². The fourth-order valence-electron chi connectivity index (χ4n) is 2.03. The third-order valence-electron chi connectivity index (χ3n) is 3.25. The first-order valence-electron chi connectivity index (χ1n) is 7.56. The lowest BCUT2D eigenvalue weighted by molar-refractivity contribution is 0.562. The molecule has 0 aliphatic rings. The summed E-state index contributed by atoms with van der Waals surface area (Å²) in [6.07, 6.45) is 5.79. The molecule has 2 aromatic rings. The lowest BCUT2D eigenvalue weighted by Gasteiger charge is -1.99. The van der Waals surface area contributed by atoms with Gasteiger partial charge in [0.25, 0.3) is 0 Å². The van der Waals surface area contributed by atoms with Gasteiger partial charge < -0.3 is 0 Å². The van der Waals surface area contributed by atoms with Crippen molar-refractivity contribution in [1.29, 1.82) is 0 Å². The van der Waals surface area contributed by atoms with Crippen molar-refractivity contribution in [3.05, 3.63) is 59.2 Å². The smallest absolute Gasteiger partial charge is 0.211 e. The molecule has 0 N–H and O–H groups in total. The van der Waals surface area contributed by atoms with Crippen LogP contribution in [0, 0.1) is 6.92 Å². The Hall–Kier alpha value is -4.04. The van der Waals surface area contributed by atoms with Crippen molar-refractivity contribution in [1.82, 2.24) is 0 Å². The Balaban J connectivity index is 0.000000271. The lowest BCUT2D eigenvalue weighted by atomic mass is 10.1. The minimum atomic E-state index is 0.308. The van der Waals surface area contributed by atoms with E-state index in [9.17, 15) is 19.2 Å². The maximum Gasteiger partial charge on any atom is 0.240 e. The predicted molar refractivity (Wildman–Crippen MR) is 96.8 cm³/mol. The van der Waals surface area contributed by atoms with Gasteiger partial charge in [0.05, 0.1) is 24.5 Å². The average molecular weight is 362 g/mol. The van der Waals surface area contributed by atoms with E-state index < -0.39 is 0 Å². The summed E-state index contributed by atoms with van der Waals surface area (Å²) in [6.45, 7) is 2.33. The van der Waals surface area contributed by atoms with E-state index in [1.807, 2.05) is 24.3 Å². The van der Waals surface area contributed by atoms with Gasteiger partial charge >= 0.3 is 0 Å². The molecule has 0 saturated carbocycles. The number of carbonyl (C=O) groups excluding carboxylic acids is 4. The maximum atomic E-state index is 10.00. The first kappa shape index (κ1) is 21.0. The summed E-state index contributed by atoms with van der Waals surface area (Å²) in [6, 6.07) is 12.3. The van der Waals surface area contributed by atoms with E-state index in [4.69, 9.17) is 0 Å². The molecule has 8 heteroatoms. The standard InChI is InChI=1S/C10H8N2O2.C9H6N2O2/c13-7-11-5-9-2-1-3-10(4-9)6-12-8-14;1-7-8(10-5-12)3-2-4-9(7)11-6-13/h1-4H,5-6H2;2-4H,1H3. The van der Waals surface area contributed by atoms with E-state index >= 15 is 0 Å². The molecule has 2 rings (SSSR count). The van der Waals surface area contributed by atoms with Crippen LogP contribution in [0.4, 0.5) is 11.4 Å². The van der Waals surface area contributed by atoms with Crippen molar-refractivity contribution in [3.63, 3.8) is 0 Å². The normalized spacial score (nSPS) is 8.48. The summed E-state index contributed by atoms with van der Waals surface area (Å²) >= 11 is 0. The molecule has 0 radical (unpaired) electrons. The van der Waals surface area contributed by atoms with Crippen molar-refractivity contribution in [2.75, 3.05) is 0 Å². The highest BCUT2D eigenvalue weighted by Crippen LogP contribution is 2.26. The summed E-state index contributed by atoms with van der Waals surface area (Å²) in [4.78, 5) is 53.5. The third-order valence-corrected chi connectivity index (χ3v) is 3.25. The summed E-state index contributed by atoms with van der Waals surface area (Å²) in [5.41, 5.74) is 3.38. The summed E-state index contributed by atoms with van der Waals surface area (Å²) in [7, 11) is 0. The highest BCUT2D eigenvalue weighted by molar-refractivity contribution is 5.64. The zero-order valence-corrected chi connectivity index (χ0v) is 14.4. The van der Waals surface area contributed by atoms with Gasteiger partial charge in [-0.25, -0.2) is 29.2 Å². The van der Waals surface area contributed by atoms with Crippen LogP contribution >= 0.6 is 0 Å². The molecule has 0 aliphatic heterocycles. The highest BCUT2D eigenvalue weighted by atomic mass is 16.1. The number of aliphatic imine (C=N–C) groups is 4. The summed E-state index contributed by atoms with van der Waals surface area (Å²) in [5.74, 6) is 0. The average Bonchev–Trinajstić information content (AvgIpc) is 2.69. The minimum Gasteiger partial charge on any atom is -0.211 e. The molecule has 2 aromatic carbocycles. The van der Waals surface area contributed by atoms with Crippen molar-refractivity contribution in [2.45, 2.75) is 20.0 Å². The molecule has 0 heterocycles. The summed E-state index contributed by atoms with van der Waals surface area (Å²) < 4.78 is 0. The second-order valence-electron chi connectivity index (χ2n) is 4.96. The molecule has 0 unspecified atom stereocenters. The van der Waals surface area contributed by atoms with Gasteiger partial charge in [0, 0.05) is 5.56 Å². The number of hydrogen-bond acceptors (Lipinski definition) is 8. The SMILES string of the molecule is Cc1c(N=C=O)cccc1N=C=O.O=C=NCc1cccc(CN=C=O)c1. The fourth-order valence-corrected chi connectivity index (χ4v) is 2.03. The van der Waals surface area contributed by atoms with Crippen LogP contribution in [0.2, 0.25) is 0 Å². The topological polar surface area (TPSA) is 118 Å². The number of benzene rings is 2. The van der Waals surface area contributed by atoms with E-state index in [0.717, 1.165) is 11.1 Å². The van der Waals surface area contributed by atoms with Gasteiger partial charge in [-0.15, -0.1) is 0 Å². The molecule has 8 nitrogen and oxygen atoms in total. The van der Waals surface area contributed by atoms with E-state index in [-0.39, 0.29) is 0 Å². The van der Waals surface area contributed by atoms with E-state index in [1.54, 1.807) is 25.1 Å². The summed E-state index contributed by atoms with van der Waals surface area (Å²) in [5, 5.41) is 0. The van der Waals surface area contributed by atoms with Crippen LogP contribution in [0.15, 0.2) is 62.4 Å². The number of isocyanates is 4. The van der Waals surface area contributed by atoms with Gasteiger partial charge in [-0.3, -0.25) is 0 Å². The molecule has 0 aromatic heterocycles. The van der Waals surface area contributed by atoms with Crippen molar-refractivity contribution < 1.29 is 19.2 Å². The molecule has 27 heavy (non-hydrogen) atoms. The van der Waals surface area contributed by atoms with Gasteiger partial charge in [0.2, 0.25) is 24.3 Å². The Bertz CT molecular complexity index is 905. The molecule has 0 fully saturated rings. The van der Waals surface area contributed by atoms with E-state index in [1.165, 1.54) is 24.3 Å². The zero-order chi connectivity index (χ0) is 19.9. The lowest BCUT2D eigenvalue weighted by Crippen LogP contribution is -1.85. The van der Waals surface area contributed by atoms with Crippen molar-refractivity contribution in [2.24, 2.45) is 20.0 Å². The van der Waals surface area contributed by atoms with Crippen LogP contribution in [0.3, 0.4) is 0 Å². The predicted octanol–water partition coefficient (Wildman–Crippen LogP) is 3.29. The highest BCUT2D eigenvalue weighted by Gasteiger charge is 2.00. The van der Waals surface area contributed by atoms with E-state index in [0.29, 0.717) is 30.0 Å². The molecular weight excluding hydrogens is 348 g/mol. The Kier molecular flexibility index (Phi) is 9.60. The van der Waals surface area contributed by atoms with Gasteiger partial charge in [-0.05, 0) is 30.2 Å². The monoisotopic (exact) mass is 362 g/mol. The number of hydrogen-bond donors (Lipinski definition) is 0.